The molecule has 19 heavy (non-hydrogen) atoms. The molecule has 0 radical (unpaired) electrons. The van der Waals surface area contributed by atoms with Gasteiger partial charge >= 0.3 is 0 Å². The Morgan fingerprint density at radius 3 is 2.63 bits per heavy atom. The number of hydrogen-bond donors (Lipinski definition) is 1. The van der Waals surface area contributed by atoms with E-state index in [0.29, 0.717) is 25.3 Å². The number of nitrogens with zero attached hydrogens (tertiary/aromatic N) is 1. The summed E-state index contributed by atoms with van der Waals surface area (Å²) in [6.07, 6.45) is 2.89. The van der Waals surface area contributed by atoms with Crippen LogP contribution in [0.3, 0.4) is 0 Å². The van der Waals surface area contributed by atoms with E-state index in [2.05, 4.69) is 12.1 Å². The van der Waals surface area contributed by atoms with Gasteiger partial charge in [-0.2, -0.15) is 0 Å². The van der Waals surface area contributed by atoms with Crippen molar-refractivity contribution < 1.29 is 19.5 Å². The van der Waals surface area contributed by atoms with Crippen molar-refractivity contribution in [2.45, 2.75) is 45.3 Å². The number of fused-ring (bicyclic) bond motifs is 1. The van der Waals surface area contributed by atoms with Crippen LogP contribution in [0.1, 0.15) is 39.5 Å². The van der Waals surface area contributed by atoms with Crippen LogP contribution in [0.5, 0.6) is 0 Å². The van der Waals surface area contributed by atoms with Gasteiger partial charge in [-0.3, -0.25) is 4.79 Å². The van der Waals surface area contributed by atoms with Crippen molar-refractivity contribution in [3.63, 3.8) is 0 Å². The Balaban J connectivity index is 1.92. The molecule has 1 aliphatic heterocycles. The summed E-state index contributed by atoms with van der Waals surface area (Å²) in [6.45, 7) is 5.42. The van der Waals surface area contributed by atoms with Crippen LogP contribution in [-0.4, -0.2) is 35.7 Å². The van der Waals surface area contributed by atoms with Gasteiger partial charge in [-0.1, -0.05) is 19.0 Å². The van der Waals surface area contributed by atoms with Crippen molar-refractivity contribution in [2.75, 3.05) is 13.2 Å². The van der Waals surface area contributed by atoms with Gasteiger partial charge in [0.25, 0.3) is 0 Å². The number of hydrogen-bond acceptors (Lipinski definition) is 5. The first-order valence-corrected chi connectivity index (χ1v) is 7.07. The fourth-order valence-electron chi connectivity index (χ4n) is 4.26. The maximum absolute atomic E-state index is 12.5. The molecule has 2 aliphatic carbocycles. The molecule has 3 fully saturated rings. The highest BCUT2D eigenvalue weighted by Gasteiger charge is 2.59. The smallest absolute Gasteiger partial charge is 0.186 e. The molecular formula is C14H21NO4. The van der Waals surface area contributed by atoms with Crippen molar-refractivity contribution >= 4 is 11.5 Å². The molecule has 0 amide bonds. The molecule has 0 aromatic rings. The van der Waals surface area contributed by atoms with Gasteiger partial charge in [0.15, 0.2) is 11.6 Å². The molecule has 3 aliphatic rings. The van der Waals surface area contributed by atoms with Crippen molar-refractivity contribution in [1.29, 1.82) is 0 Å². The standard InChI is InChI=1S/C14H21NO4/c1-9-10-3-4-11(15-17)12(16)13(10,2)5-6-14(9)18-7-8-19-14/h9-10,17H,3-8H2,1-2H3/b15-11-/t9-,10-,13-/m0/s1. The Hall–Kier alpha value is -0.940. The first-order chi connectivity index (χ1) is 9.03. The summed E-state index contributed by atoms with van der Waals surface area (Å²) >= 11 is 0. The normalized spacial score (nSPS) is 43.7. The Morgan fingerprint density at radius 2 is 2.00 bits per heavy atom. The third-order valence-electron chi connectivity index (χ3n) is 5.48. The van der Waals surface area contributed by atoms with Crippen LogP contribution in [-0.2, 0) is 14.3 Å². The second-order valence-corrected chi connectivity index (χ2v) is 6.24. The molecule has 3 rings (SSSR count). The summed E-state index contributed by atoms with van der Waals surface area (Å²) in [5.41, 5.74) is -0.102. The van der Waals surface area contributed by atoms with E-state index in [1.807, 2.05) is 6.92 Å². The van der Waals surface area contributed by atoms with Crippen molar-refractivity contribution in [2.24, 2.45) is 22.4 Å². The van der Waals surface area contributed by atoms with Crippen LogP contribution >= 0.6 is 0 Å². The number of carbonyl (C=O) groups is 1. The van der Waals surface area contributed by atoms with E-state index in [0.717, 1.165) is 19.3 Å². The van der Waals surface area contributed by atoms with E-state index in [1.54, 1.807) is 0 Å². The van der Waals surface area contributed by atoms with E-state index in [1.165, 1.54) is 0 Å². The zero-order chi connectivity index (χ0) is 13.7. The lowest BCUT2D eigenvalue weighted by atomic mass is 9.54. The zero-order valence-electron chi connectivity index (χ0n) is 11.5. The summed E-state index contributed by atoms with van der Waals surface area (Å²) in [6, 6.07) is 0. The number of rotatable bonds is 0. The van der Waals surface area contributed by atoms with Gasteiger partial charge in [-0.15, -0.1) is 0 Å². The van der Waals surface area contributed by atoms with E-state index in [9.17, 15) is 4.79 Å². The molecule has 2 saturated carbocycles. The molecule has 5 heteroatoms. The fraction of sp³-hybridized carbons (Fsp3) is 0.857. The van der Waals surface area contributed by atoms with E-state index in [4.69, 9.17) is 14.7 Å². The monoisotopic (exact) mass is 267 g/mol. The van der Waals surface area contributed by atoms with Crippen molar-refractivity contribution in [3.05, 3.63) is 0 Å². The lowest BCUT2D eigenvalue weighted by Gasteiger charge is -2.53. The first kappa shape index (κ1) is 13.1. The molecule has 1 heterocycles. The van der Waals surface area contributed by atoms with E-state index in [-0.39, 0.29) is 17.6 Å². The number of Topliss-reactive ketones (excluding diaryl/α,β-unsaturated/α-hetero) is 1. The van der Waals surface area contributed by atoms with Gasteiger partial charge in [0.1, 0.15) is 5.71 Å². The van der Waals surface area contributed by atoms with Crippen LogP contribution in [0.4, 0.5) is 0 Å². The van der Waals surface area contributed by atoms with Crippen LogP contribution in [0.25, 0.3) is 0 Å². The summed E-state index contributed by atoms with van der Waals surface area (Å²) < 4.78 is 11.7. The third kappa shape index (κ3) is 1.68. The molecular weight excluding hydrogens is 246 g/mol. The van der Waals surface area contributed by atoms with Gasteiger partial charge in [-0.25, -0.2) is 0 Å². The topological polar surface area (TPSA) is 68.1 Å². The average molecular weight is 267 g/mol. The summed E-state index contributed by atoms with van der Waals surface area (Å²) in [4.78, 5) is 12.5. The summed E-state index contributed by atoms with van der Waals surface area (Å²) in [5, 5.41) is 12.1. The molecule has 0 aromatic heterocycles. The Bertz CT molecular complexity index is 427. The SMILES string of the molecule is C[C@H]1[C@@H]2CC/C(=N/O)C(=O)[C@@]2(C)CCC12OCCO2. The second kappa shape index (κ2) is 4.28. The van der Waals surface area contributed by atoms with Crippen LogP contribution in [0.15, 0.2) is 5.16 Å². The minimum atomic E-state index is -0.488. The molecule has 106 valence electrons. The van der Waals surface area contributed by atoms with Gasteiger partial charge in [0, 0.05) is 17.8 Å². The highest BCUT2D eigenvalue weighted by molar-refractivity contribution is 6.42. The maximum atomic E-state index is 12.5. The molecule has 0 aromatic carbocycles. The maximum Gasteiger partial charge on any atom is 0.186 e. The van der Waals surface area contributed by atoms with E-state index >= 15 is 0 Å². The predicted molar refractivity (Wildman–Crippen MR) is 68.1 cm³/mol. The molecule has 5 nitrogen and oxygen atoms in total. The molecule has 1 spiro atoms. The summed E-state index contributed by atoms with van der Waals surface area (Å²) in [5.74, 6) is -0.0561. The second-order valence-electron chi connectivity index (χ2n) is 6.24. The first-order valence-electron chi connectivity index (χ1n) is 7.07. The molecule has 3 atom stereocenters. The van der Waals surface area contributed by atoms with Gasteiger partial charge in [0.05, 0.1) is 13.2 Å². The number of carbonyl (C=O) groups excluding carboxylic acids is 1. The van der Waals surface area contributed by atoms with Crippen LogP contribution in [0, 0.1) is 17.3 Å². The highest BCUT2D eigenvalue weighted by Crippen LogP contribution is 2.55. The molecule has 1 N–H and O–H groups in total. The summed E-state index contributed by atoms with van der Waals surface area (Å²) in [7, 11) is 0. The third-order valence-corrected chi connectivity index (χ3v) is 5.48. The van der Waals surface area contributed by atoms with Crippen LogP contribution < -0.4 is 0 Å². The van der Waals surface area contributed by atoms with Crippen molar-refractivity contribution in [3.8, 4) is 0 Å². The van der Waals surface area contributed by atoms with E-state index < -0.39 is 11.2 Å². The van der Waals surface area contributed by atoms with Gasteiger partial charge in [0.2, 0.25) is 0 Å². The zero-order valence-corrected chi connectivity index (χ0v) is 11.5. The number of oxime groups is 1. The fourth-order valence-corrected chi connectivity index (χ4v) is 4.26. The quantitative estimate of drug-likeness (QED) is 0.538. The Labute approximate surface area is 112 Å². The minimum Gasteiger partial charge on any atom is -0.411 e. The lowest BCUT2D eigenvalue weighted by molar-refractivity contribution is -0.240. The van der Waals surface area contributed by atoms with Gasteiger partial charge in [-0.05, 0) is 25.2 Å². The van der Waals surface area contributed by atoms with Gasteiger partial charge < -0.3 is 14.7 Å². The van der Waals surface area contributed by atoms with Crippen LogP contribution in [0.2, 0.25) is 0 Å². The number of ether oxygens (including phenoxy) is 2. The largest absolute Gasteiger partial charge is 0.411 e. The minimum absolute atomic E-state index is 0.00551. The highest BCUT2D eigenvalue weighted by atomic mass is 16.7. The molecule has 1 saturated heterocycles. The van der Waals surface area contributed by atoms with Crippen molar-refractivity contribution in [1.82, 2.24) is 0 Å². The average Bonchev–Trinajstić information content (AvgIpc) is 2.88. The predicted octanol–water partition coefficient (Wildman–Crippen LogP) is 1.97. The lowest BCUT2D eigenvalue weighted by Crippen LogP contribution is -2.57. The number of ketones is 1. The Kier molecular flexibility index (Phi) is 2.94. The molecule has 0 unspecified atom stereocenters. The molecule has 0 bridgehead atoms. The Morgan fingerprint density at radius 1 is 1.32 bits per heavy atom.